The molecule has 4 N–H and O–H groups in total. The molecule has 0 spiro atoms. The molecule has 8 heteroatoms. The number of anilines is 1. The second-order valence-corrected chi connectivity index (χ2v) is 5.29. The summed E-state index contributed by atoms with van der Waals surface area (Å²) in [5.74, 6) is 3.92. The highest BCUT2D eigenvalue weighted by molar-refractivity contribution is 9.10. The lowest BCUT2D eigenvalue weighted by Gasteiger charge is -2.10. The van der Waals surface area contributed by atoms with Gasteiger partial charge in [0, 0.05) is 5.56 Å². The summed E-state index contributed by atoms with van der Waals surface area (Å²) in [5, 5.41) is 2.40. The van der Waals surface area contributed by atoms with Crippen LogP contribution in [0.2, 0.25) is 0 Å². The molecule has 120 valence electrons. The van der Waals surface area contributed by atoms with Gasteiger partial charge in [-0.05, 0) is 46.3 Å². The van der Waals surface area contributed by atoms with E-state index in [1.807, 2.05) is 5.43 Å². The topological polar surface area (TPSA) is 93.4 Å². The normalized spacial score (nSPS) is 10.0. The number of ether oxygens (including phenoxy) is 1. The Morgan fingerprint density at radius 2 is 1.96 bits per heavy atom. The van der Waals surface area contributed by atoms with Crippen molar-refractivity contribution >= 4 is 33.4 Å². The molecule has 0 aliphatic carbocycles. The number of nitrogens with two attached hydrogens (primary N) is 1. The summed E-state index contributed by atoms with van der Waals surface area (Å²) in [4.78, 5) is 23.2. The first kappa shape index (κ1) is 16.9. The number of rotatable bonds is 5. The average Bonchev–Trinajstić information content (AvgIpc) is 2.55. The molecule has 0 heterocycles. The highest BCUT2D eigenvalue weighted by Gasteiger charge is 2.11. The third-order valence-electron chi connectivity index (χ3n) is 2.83. The Labute approximate surface area is 139 Å². The van der Waals surface area contributed by atoms with Gasteiger partial charge in [-0.2, -0.15) is 0 Å². The number of hydrogen-bond acceptors (Lipinski definition) is 4. The van der Waals surface area contributed by atoms with Crippen molar-refractivity contribution in [1.82, 2.24) is 5.43 Å². The zero-order valence-electron chi connectivity index (χ0n) is 11.8. The van der Waals surface area contributed by atoms with Crippen molar-refractivity contribution in [2.75, 3.05) is 11.9 Å². The Bertz CT molecular complexity index is 740. The first-order valence-corrected chi connectivity index (χ1v) is 7.28. The fraction of sp³-hybridized carbons (Fsp3) is 0.0667. The van der Waals surface area contributed by atoms with E-state index in [9.17, 15) is 14.0 Å². The number of carbonyl (C=O) groups excluding carboxylic acids is 2. The Kier molecular flexibility index (Phi) is 5.67. The number of para-hydroxylation sites is 1. The molecule has 0 aliphatic heterocycles. The van der Waals surface area contributed by atoms with Gasteiger partial charge in [-0.3, -0.25) is 15.0 Å². The molecule has 0 saturated carbocycles. The zero-order valence-corrected chi connectivity index (χ0v) is 13.4. The first-order valence-electron chi connectivity index (χ1n) is 6.49. The third-order valence-corrected chi connectivity index (χ3v) is 3.45. The third kappa shape index (κ3) is 4.51. The second-order valence-electron chi connectivity index (χ2n) is 4.44. The van der Waals surface area contributed by atoms with E-state index in [0.717, 1.165) is 0 Å². The van der Waals surface area contributed by atoms with Crippen LogP contribution in [-0.2, 0) is 4.79 Å². The number of nitrogen functional groups attached to an aromatic ring is 1. The average molecular weight is 382 g/mol. The van der Waals surface area contributed by atoms with Crippen molar-refractivity contribution in [3.05, 3.63) is 58.3 Å². The van der Waals surface area contributed by atoms with Crippen LogP contribution >= 0.6 is 15.9 Å². The van der Waals surface area contributed by atoms with Crippen LogP contribution in [0, 0.1) is 5.82 Å². The van der Waals surface area contributed by atoms with E-state index >= 15 is 0 Å². The van der Waals surface area contributed by atoms with Gasteiger partial charge in [-0.1, -0.05) is 12.1 Å². The Morgan fingerprint density at radius 3 is 2.61 bits per heavy atom. The van der Waals surface area contributed by atoms with E-state index in [1.54, 1.807) is 6.07 Å². The molecule has 0 unspecified atom stereocenters. The molecule has 0 bridgehead atoms. The fourth-order valence-electron chi connectivity index (χ4n) is 1.73. The number of halogens is 2. The minimum atomic E-state index is -0.529. The maximum Gasteiger partial charge on any atom is 0.265 e. The number of hydrogen-bond donors (Lipinski definition) is 3. The minimum absolute atomic E-state index is 0.0788. The van der Waals surface area contributed by atoms with Crippen molar-refractivity contribution in [2.24, 2.45) is 5.84 Å². The smallest absolute Gasteiger partial charge is 0.265 e. The molecule has 2 rings (SSSR count). The summed E-state index contributed by atoms with van der Waals surface area (Å²) in [5.41, 5.74) is 2.43. The van der Waals surface area contributed by atoms with Gasteiger partial charge in [0.1, 0.15) is 11.6 Å². The van der Waals surface area contributed by atoms with Crippen LogP contribution in [0.1, 0.15) is 10.4 Å². The predicted molar refractivity (Wildman–Crippen MR) is 86.3 cm³/mol. The number of nitrogens with one attached hydrogen (secondary N) is 2. The van der Waals surface area contributed by atoms with Crippen LogP contribution in [0.5, 0.6) is 5.75 Å². The molecule has 23 heavy (non-hydrogen) atoms. The molecule has 0 radical (unpaired) electrons. The van der Waals surface area contributed by atoms with Crippen LogP contribution in [0.25, 0.3) is 0 Å². The van der Waals surface area contributed by atoms with E-state index < -0.39 is 17.6 Å². The van der Waals surface area contributed by atoms with Crippen molar-refractivity contribution in [3.8, 4) is 5.75 Å². The Balaban J connectivity index is 1.97. The van der Waals surface area contributed by atoms with E-state index in [0.29, 0.717) is 15.8 Å². The predicted octanol–water partition coefficient (Wildman–Crippen LogP) is 2.21. The largest absolute Gasteiger partial charge is 0.483 e. The van der Waals surface area contributed by atoms with Gasteiger partial charge in [0.15, 0.2) is 6.61 Å². The van der Waals surface area contributed by atoms with Gasteiger partial charge in [0.25, 0.3) is 11.8 Å². The van der Waals surface area contributed by atoms with Gasteiger partial charge in [-0.25, -0.2) is 10.2 Å². The van der Waals surface area contributed by atoms with Crippen molar-refractivity contribution < 1.29 is 18.7 Å². The summed E-state index contributed by atoms with van der Waals surface area (Å²) in [6.07, 6.45) is 0. The molecule has 0 fully saturated rings. The number of hydrazine groups is 1. The molecule has 0 aromatic heterocycles. The number of carbonyl (C=O) groups is 2. The summed E-state index contributed by atoms with van der Waals surface area (Å²) < 4.78 is 19.2. The van der Waals surface area contributed by atoms with Crippen LogP contribution in [0.4, 0.5) is 10.1 Å². The standard InChI is InChI=1S/C15H13BrFN3O3/c16-10-7-9(15(22)20-18)5-6-13(10)23-8-14(21)19-12-4-2-1-3-11(12)17/h1-7H,8,18H2,(H,19,21)(H,20,22). The molecule has 0 saturated heterocycles. The SMILES string of the molecule is NNC(=O)c1ccc(OCC(=O)Nc2ccccc2F)c(Br)c1. The van der Waals surface area contributed by atoms with Gasteiger partial charge in [0.05, 0.1) is 10.2 Å². The van der Waals surface area contributed by atoms with Crippen LogP contribution in [0.3, 0.4) is 0 Å². The number of amides is 2. The Morgan fingerprint density at radius 1 is 1.22 bits per heavy atom. The summed E-state index contributed by atoms with van der Waals surface area (Å²) in [7, 11) is 0. The molecular weight excluding hydrogens is 369 g/mol. The van der Waals surface area contributed by atoms with Gasteiger partial charge >= 0.3 is 0 Å². The van der Waals surface area contributed by atoms with Crippen LogP contribution < -0.4 is 21.3 Å². The quantitative estimate of drug-likeness (QED) is 0.420. The number of benzene rings is 2. The van der Waals surface area contributed by atoms with E-state index in [2.05, 4.69) is 21.2 Å². The molecule has 2 amide bonds. The zero-order chi connectivity index (χ0) is 16.8. The fourth-order valence-corrected chi connectivity index (χ4v) is 2.23. The monoisotopic (exact) mass is 381 g/mol. The van der Waals surface area contributed by atoms with E-state index in [4.69, 9.17) is 10.6 Å². The first-order chi connectivity index (χ1) is 11.0. The van der Waals surface area contributed by atoms with Gasteiger partial charge < -0.3 is 10.1 Å². The molecule has 0 aliphatic rings. The lowest BCUT2D eigenvalue weighted by atomic mass is 10.2. The maximum absolute atomic E-state index is 13.4. The highest BCUT2D eigenvalue weighted by atomic mass is 79.9. The molecule has 2 aromatic rings. The van der Waals surface area contributed by atoms with Crippen LogP contribution in [0.15, 0.2) is 46.9 Å². The summed E-state index contributed by atoms with van der Waals surface area (Å²) in [6.45, 7) is -0.310. The Hall–Kier alpha value is -2.45. The van der Waals surface area contributed by atoms with Crippen molar-refractivity contribution in [2.45, 2.75) is 0 Å². The van der Waals surface area contributed by atoms with E-state index in [-0.39, 0.29) is 12.3 Å². The van der Waals surface area contributed by atoms with Crippen molar-refractivity contribution in [1.29, 1.82) is 0 Å². The van der Waals surface area contributed by atoms with Crippen LogP contribution in [-0.4, -0.2) is 18.4 Å². The second kappa shape index (κ2) is 7.70. The molecule has 0 atom stereocenters. The van der Waals surface area contributed by atoms with E-state index in [1.165, 1.54) is 36.4 Å². The lowest BCUT2D eigenvalue weighted by molar-refractivity contribution is -0.118. The highest BCUT2D eigenvalue weighted by Crippen LogP contribution is 2.26. The molecule has 2 aromatic carbocycles. The summed E-state index contributed by atoms with van der Waals surface area (Å²) >= 11 is 3.24. The summed E-state index contributed by atoms with van der Waals surface area (Å²) in [6, 6.07) is 10.3. The minimum Gasteiger partial charge on any atom is -0.483 e. The lowest BCUT2D eigenvalue weighted by Crippen LogP contribution is -2.29. The van der Waals surface area contributed by atoms with Crippen molar-refractivity contribution in [3.63, 3.8) is 0 Å². The van der Waals surface area contributed by atoms with Gasteiger partial charge in [0.2, 0.25) is 0 Å². The molecular formula is C15H13BrFN3O3. The molecule has 6 nitrogen and oxygen atoms in total. The maximum atomic E-state index is 13.4. The van der Waals surface area contributed by atoms with Gasteiger partial charge in [-0.15, -0.1) is 0 Å².